The topological polar surface area (TPSA) is 68.2 Å². The normalized spacial score (nSPS) is 31.6. The number of rotatable bonds is 5. The summed E-state index contributed by atoms with van der Waals surface area (Å²) in [6, 6.07) is 1.28. The van der Waals surface area contributed by atoms with E-state index < -0.39 is 0 Å². The van der Waals surface area contributed by atoms with Gasteiger partial charge in [-0.15, -0.1) is 0 Å². The van der Waals surface area contributed by atoms with Crippen LogP contribution < -0.4 is 5.73 Å². The molecule has 0 aromatic carbocycles. The van der Waals surface area contributed by atoms with Crippen LogP contribution in [-0.4, -0.2) is 46.2 Å². The van der Waals surface area contributed by atoms with Crippen molar-refractivity contribution in [3.05, 3.63) is 11.7 Å². The van der Waals surface area contributed by atoms with Crippen molar-refractivity contribution in [3.63, 3.8) is 0 Å². The lowest BCUT2D eigenvalue weighted by molar-refractivity contribution is 0.157. The standard InChI is InChI=1S/C14H24N4OS/c1-18-10-3-4-11(18)8-9(7-10)13-16-14(19-17-13)12(15)5-6-20-2/h9-12H,3-8,15H2,1-2H3/t9?,10?,11?,12-/m0/s1. The van der Waals surface area contributed by atoms with Crippen molar-refractivity contribution < 1.29 is 4.52 Å². The van der Waals surface area contributed by atoms with Gasteiger partial charge in [-0.25, -0.2) is 0 Å². The molecular formula is C14H24N4OS. The molecule has 0 spiro atoms. The second-order valence-electron chi connectivity index (χ2n) is 6.10. The van der Waals surface area contributed by atoms with Crippen molar-refractivity contribution in [3.8, 4) is 0 Å². The Hall–Kier alpha value is -0.590. The van der Waals surface area contributed by atoms with Gasteiger partial charge in [-0.3, -0.25) is 0 Å². The summed E-state index contributed by atoms with van der Waals surface area (Å²) in [4.78, 5) is 7.11. The predicted octanol–water partition coefficient (Wildman–Crippen LogP) is 2.16. The Morgan fingerprint density at radius 1 is 1.40 bits per heavy atom. The van der Waals surface area contributed by atoms with E-state index in [0.717, 1.165) is 30.8 Å². The molecule has 0 radical (unpaired) electrons. The molecular weight excluding hydrogens is 272 g/mol. The summed E-state index contributed by atoms with van der Waals surface area (Å²) in [5.41, 5.74) is 6.10. The third kappa shape index (κ3) is 2.73. The molecule has 3 heterocycles. The highest BCUT2D eigenvalue weighted by atomic mass is 32.2. The summed E-state index contributed by atoms with van der Waals surface area (Å²) in [6.45, 7) is 0. The minimum Gasteiger partial charge on any atom is -0.338 e. The highest BCUT2D eigenvalue weighted by molar-refractivity contribution is 7.98. The zero-order chi connectivity index (χ0) is 14.1. The van der Waals surface area contributed by atoms with Crippen molar-refractivity contribution in [1.29, 1.82) is 0 Å². The SMILES string of the molecule is CSCC[C@H](N)c1nc(C2CC3CCC(C2)N3C)no1. The fraction of sp³-hybridized carbons (Fsp3) is 0.857. The first-order chi connectivity index (χ1) is 9.69. The summed E-state index contributed by atoms with van der Waals surface area (Å²) in [5.74, 6) is 2.97. The van der Waals surface area contributed by atoms with Gasteiger partial charge >= 0.3 is 0 Å². The Kier molecular flexibility index (Phi) is 4.33. The van der Waals surface area contributed by atoms with Crippen molar-refractivity contribution in [2.45, 2.75) is 56.1 Å². The quantitative estimate of drug-likeness (QED) is 0.898. The van der Waals surface area contributed by atoms with E-state index >= 15 is 0 Å². The van der Waals surface area contributed by atoms with E-state index in [1.165, 1.54) is 12.8 Å². The molecule has 3 rings (SSSR count). The van der Waals surface area contributed by atoms with Gasteiger partial charge < -0.3 is 15.2 Å². The molecule has 1 aromatic rings. The molecule has 2 bridgehead atoms. The first kappa shape index (κ1) is 14.4. The van der Waals surface area contributed by atoms with Gasteiger partial charge in [0.1, 0.15) is 0 Å². The maximum absolute atomic E-state index is 6.10. The zero-order valence-electron chi connectivity index (χ0n) is 12.3. The van der Waals surface area contributed by atoms with Crippen LogP contribution in [0.2, 0.25) is 0 Å². The second kappa shape index (κ2) is 6.03. The fourth-order valence-corrected chi connectivity index (χ4v) is 4.04. The molecule has 1 aromatic heterocycles. The van der Waals surface area contributed by atoms with Gasteiger partial charge in [0.2, 0.25) is 5.89 Å². The number of fused-ring (bicyclic) bond motifs is 2. The van der Waals surface area contributed by atoms with Crippen LogP contribution in [-0.2, 0) is 0 Å². The van der Waals surface area contributed by atoms with Crippen LogP contribution in [0.15, 0.2) is 4.52 Å². The Morgan fingerprint density at radius 2 is 2.10 bits per heavy atom. The number of hydrogen-bond donors (Lipinski definition) is 1. The fourth-order valence-electron chi connectivity index (χ4n) is 3.55. The zero-order valence-corrected chi connectivity index (χ0v) is 13.1. The van der Waals surface area contributed by atoms with Crippen LogP contribution in [0, 0.1) is 0 Å². The number of nitrogens with zero attached hydrogens (tertiary/aromatic N) is 3. The van der Waals surface area contributed by atoms with Crippen LogP contribution in [0.3, 0.4) is 0 Å². The molecule has 2 fully saturated rings. The molecule has 0 saturated carbocycles. The first-order valence-corrected chi connectivity index (χ1v) is 8.88. The van der Waals surface area contributed by atoms with Gasteiger partial charge in [-0.05, 0) is 51.2 Å². The van der Waals surface area contributed by atoms with Gasteiger partial charge in [0.25, 0.3) is 0 Å². The van der Waals surface area contributed by atoms with Gasteiger partial charge in [0.05, 0.1) is 6.04 Å². The molecule has 2 aliphatic heterocycles. The lowest BCUT2D eigenvalue weighted by Gasteiger charge is -2.34. The van der Waals surface area contributed by atoms with E-state index in [4.69, 9.17) is 10.3 Å². The van der Waals surface area contributed by atoms with Crippen LogP contribution in [0.1, 0.15) is 55.8 Å². The van der Waals surface area contributed by atoms with Gasteiger partial charge in [0, 0.05) is 18.0 Å². The molecule has 2 unspecified atom stereocenters. The number of piperidine rings is 1. The summed E-state index contributed by atoms with van der Waals surface area (Å²) in [5, 5.41) is 4.20. The van der Waals surface area contributed by atoms with Gasteiger partial charge in [-0.1, -0.05) is 5.16 Å². The van der Waals surface area contributed by atoms with Crippen LogP contribution in [0.4, 0.5) is 0 Å². The summed E-state index contributed by atoms with van der Waals surface area (Å²) in [6.07, 6.45) is 7.92. The molecule has 2 saturated heterocycles. The maximum atomic E-state index is 6.10. The molecule has 20 heavy (non-hydrogen) atoms. The average Bonchev–Trinajstić information content (AvgIpc) is 2.99. The molecule has 112 valence electrons. The van der Waals surface area contributed by atoms with Gasteiger partial charge in [-0.2, -0.15) is 16.7 Å². The third-order valence-corrected chi connectivity index (χ3v) is 5.51. The predicted molar refractivity (Wildman–Crippen MR) is 80.8 cm³/mol. The number of nitrogens with two attached hydrogens (primary N) is 1. The molecule has 2 aliphatic rings. The lowest BCUT2D eigenvalue weighted by Crippen LogP contribution is -2.39. The highest BCUT2D eigenvalue weighted by Crippen LogP contribution is 2.41. The summed E-state index contributed by atoms with van der Waals surface area (Å²) >= 11 is 1.79. The third-order valence-electron chi connectivity index (χ3n) is 4.87. The Balaban J connectivity index is 1.65. The average molecular weight is 296 g/mol. The number of aromatic nitrogens is 2. The second-order valence-corrected chi connectivity index (χ2v) is 7.08. The Morgan fingerprint density at radius 3 is 2.75 bits per heavy atom. The molecule has 2 N–H and O–H groups in total. The largest absolute Gasteiger partial charge is 0.338 e. The van der Waals surface area contributed by atoms with Crippen molar-refractivity contribution in [2.75, 3.05) is 19.1 Å². The van der Waals surface area contributed by atoms with Crippen LogP contribution in [0.25, 0.3) is 0 Å². The number of hydrogen-bond acceptors (Lipinski definition) is 6. The van der Waals surface area contributed by atoms with E-state index in [1.807, 2.05) is 0 Å². The van der Waals surface area contributed by atoms with Crippen molar-refractivity contribution in [2.24, 2.45) is 5.73 Å². The van der Waals surface area contributed by atoms with E-state index in [-0.39, 0.29) is 6.04 Å². The maximum Gasteiger partial charge on any atom is 0.243 e. The molecule has 0 amide bonds. The van der Waals surface area contributed by atoms with E-state index in [2.05, 4.69) is 28.3 Å². The first-order valence-electron chi connectivity index (χ1n) is 7.49. The molecule has 3 atom stereocenters. The van der Waals surface area contributed by atoms with E-state index in [9.17, 15) is 0 Å². The van der Waals surface area contributed by atoms with E-state index in [1.54, 1.807) is 11.8 Å². The highest BCUT2D eigenvalue weighted by Gasteiger charge is 2.40. The Labute approximate surface area is 124 Å². The Bertz CT molecular complexity index is 438. The monoisotopic (exact) mass is 296 g/mol. The minimum atomic E-state index is -0.119. The smallest absolute Gasteiger partial charge is 0.243 e. The summed E-state index contributed by atoms with van der Waals surface area (Å²) in [7, 11) is 2.25. The number of thioether (sulfide) groups is 1. The van der Waals surface area contributed by atoms with Crippen LogP contribution in [0.5, 0.6) is 0 Å². The molecule has 5 nitrogen and oxygen atoms in total. The van der Waals surface area contributed by atoms with Crippen LogP contribution >= 0.6 is 11.8 Å². The van der Waals surface area contributed by atoms with E-state index in [0.29, 0.717) is 23.9 Å². The van der Waals surface area contributed by atoms with Crippen molar-refractivity contribution in [1.82, 2.24) is 15.0 Å². The molecule has 6 heteroatoms. The summed E-state index contributed by atoms with van der Waals surface area (Å²) < 4.78 is 5.39. The lowest BCUT2D eigenvalue weighted by atomic mass is 9.90. The molecule has 0 aliphatic carbocycles. The minimum absolute atomic E-state index is 0.119. The van der Waals surface area contributed by atoms with Crippen molar-refractivity contribution >= 4 is 11.8 Å². The van der Waals surface area contributed by atoms with Gasteiger partial charge in [0.15, 0.2) is 5.82 Å².